The molecule has 0 aliphatic heterocycles. The van der Waals surface area contributed by atoms with Crippen LogP contribution >= 0.6 is 0 Å². The van der Waals surface area contributed by atoms with Gasteiger partial charge in [0.15, 0.2) is 0 Å². The molecule has 1 N–H and O–H groups in total. The number of nitrogens with one attached hydrogen (secondary N) is 1. The minimum atomic E-state index is -0.124. The normalized spacial score (nSPS) is 13.7. The molecule has 0 fully saturated rings. The minimum Gasteiger partial charge on any atom is -0.374 e. The van der Waals surface area contributed by atoms with E-state index >= 15 is 0 Å². The van der Waals surface area contributed by atoms with Crippen LogP contribution in [0.2, 0.25) is 0 Å². The molecule has 5 nitrogen and oxygen atoms in total. The van der Waals surface area contributed by atoms with E-state index in [0.29, 0.717) is 0 Å². The average Bonchev–Trinajstić information content (AvgIpc) is 2.86. The highest BCUT2D eigenvalue weighted by molar-refractivity contribution is 5.02. The van der Waals surface area contributed by atoms with Gasteiger partial charge >= 0.3 is 0 Å². The van der Waals surface area contributed by atoms with E-state index in [1.165, 1.54) is 0 Å². The molecule has 0 aliphatic carbocycles. The maximum absolute atomic E-state index is 6.15. The Kier molecular flexibility index (Phi) is 7.16. The zero-order chi connectivity index (χ0) is 15.0. The third-order valence-corrected chi connectivity index (χ3v) is 3.97. The molecule has 1 aromatic rings. The van der Waals surface area contributed by atoms with Gasteiger partial charge in [0.1, 0.15) is 0 Å². The summed E-state index contributed by atoms with van der Waals surface area (Å²) in [4.78, 5) is 0. The Morgan fingerprint density at radius 3 is 2.45 bits per heavy atom. The zero-order valence-corrected chi connectivity index (χ0v) is 13.6. The van der Waals surface area contributed by atoms with Gasteiger partial charge < -0.3 is 10.1 Å². The first-order valence-corrected chi connectivity index (χ1v) is 7.84. The number of aryl methyl sites for hydroxylation is 1. The molecule has 0 saturated heterocycles. The van der Waals surface area contributed by atoms with E-state index in [1.807, 2.05) is 13.2 Å². The maximum atomic E-state index is 6.15. The zero-order valence-electron chi connectivity index (χ0n) is 13.6. The second-order valence-corrected chi connectivity index (χ2v) is 5.30. The fraction of sp³-hybridized carbons (Fsp3) is 0.867. The van der Waals surface area contributed by atoms with Crippen molar-refractivity contribution in [2.45, 2.75) is 65.0 Å². The molecular formula is C15H30N4O. The molecule has 0 saturated carbocycles. The van der Waals surface area contributed by atoms with E-state index in [4.69, 9.17) is 4.74 Å². The molecular weight excluding hydrogens is 252 g/mol. The van der Waals surface area contributed by atoms with Crippen molar-refractivity contribution in [3.63, 3.8) is 0 Å². The van der Waals surface area contributed by atoms with Crippen molar-refractivity contribution in [1.82, 2.24) is 20.3 Å². The molecule has 0 spiro atoms. The van der Waals surface area contributed by atoms with Crippen LogP contribution in [0.4, 0.5) is 0 Å². The Bertz CT molecular complexity index is 374. The summed E-state index contributed by atoms with van der Waals surface area (Å²) in [5.74, 6) is 0. The number of nitrogens with zero attached hydrogens (tertiary/aromatic N) is 3. The van der Waals surface area contributed by atoms with E-state index in [2.05, 4.69) is 43.3 Å². The smallest absolute Gasteiger partial charge is 0.0843 e. The van der Waals surface area contributed by atoms with E-state index in [9.17, 15) is 0 Å². The Labute approximate surface area is 123 Å². The monoisotopic (exact) mass is 282 g/mol. The lowest BCUT2D eigenvalue weighted by atomic mass is 9.85. The highest BCUT2D eigenvalue weighted by Crippen LogP contribution is 2.27. The number of rotatable bonds is 10. The lowest BCUT2D eigenvalue weighted by Crippen LogP contribution is -2.53. The van der Waals surface area contributed by atoms with Crippen LogP contribution < -0.4 is 5.32 Å². The van der Waals surface area contributed by atoms with Gasteiger partial charge in [-0.15, -0.1) is 5.10 Å². The van der Waals surface area contributed by atoms with Gasteiger partial charge in [-0.1, -0.05) is 26.0 Å². The molecule has 1 unspecified atom stereocenters. The second kappa shape index (κ2) is 8.37. The fourth-order valence-corrected chi connectivity index (χ4v) is 2.80. The van der Waals surface area contributed by atoms with Crippen LogP contribution in [0.5, 0.6) is 0 Å². The van der Waals surface area contributed by atoms with Gasteiger partial charge in [0, 0.05) is 32.3 Å². The van der Waals surface area contributed by atoms with E-state index in [1.54, 1.807) is 4.68 Å². The largest absolute Gasteiger partial charge is 0.374 e. The third-order valence-electron chi connectivity index (χ3n) is 3.97. The predicted octanol–water partition coefficient (Wildman–Crippen LogP) is 2.32. The van der Waals surface area contributed by atoms with Crippen LogP contribution in [0.1, 0.15) is 52.7 Å². The topological polar surface area (TPSA) is 52.0 Å². The Balaban J connectivity index is 2.89. The van der Waals surface area contributed by atoms with Crippen molar-refractivity contribution in [3.8, 4) is 0 Å². The van der Waals surface area contributed by atoms with Gasteiger partial charge in [0.05, 0.1) is 11.3 Å². The summed E-state index contributed by atoms with van der Waals surface area (Å²) in [5.41, 5.74) is 0.897. The van der Waals surface area contributed by atoms with Crippen LogP contribution in [-0.2, 0) is 18.2 Å². The lowest BCUT2D eigenvalue weighted by molar-refractivity contribution is -0.0720. The van der Waals surface area contributed by atoms with Crippen molar-refractivity contribution < 1.29 is 4.74 Å². The van der Waals surface area contributed by atoms with Gasteiger partial charge in [-0.25, -0.2) is 0 Å². The highest BCUT2D eigenvalue weighted by atomic mass is 16.5. The summed E-state index contributed by atoms with van der Waals surface area (Å²) in [6, 6.07) is 0.272. The summed E-state index contributed by atoms with van der Waals surface area (Å²) < 4.78 is 7.91. The standard InChI is InChI=1S/C15H30N4O/c1-6-10-16-14(11-13-12-19(5)18-17-13)15(7-2,8-3)20-9-4/h12,14,16H,6-11H2,1-5H3. The number of aromatic nitrogens is 3. The molecule has 1 aromatic heterocycles. The summed E-state index contributed by atoms with van der Waals surface area (Å²) >= 11 is 0. The Hall–Kier alpha value is -0.940. The van der Waals surface area contributed by atoms with Crippen molar-refractivity contribution >= 4 is 0 Å². The second-order valence-electron chi connectivity index (χ2n) is 5.30. The summed E-state index contributed by atoms with van der Waals surface area (Å²) in [5, 5.41) is 11.9. The van der Waals surface area contributed by atoms with E-state index in [0.717, 1.165) is 44.5 Å². The van der Waals surface area contributed by atoms with Crippen LogP contribution in [0, 0.1) is 0 Å². The molecule has 20 heavy (non-hydrogen) atoms. The molecule has 0 bridgehead atoms. The van der Waals surface area contributed by atoms with E-state index in [-0.39, 0.29) is 11.6 Å². The number of hydrogen-bond acceptors (Lipinski definition) is 4. The molecule has 0 amide bonds. The molecule has 1 rings (SSSR count). The highest BCUT2D eigenvalue weighted by Gasteiger charge is 2.36. The SMILES string of the molecule is CCCNC(Cc1cn(C)nn1)C(CC)(CC)OCC. The predicted molar refractivity (Wildman–Crippen MR) is 81.7 cm³/mol. The van der Waals surface area contributed by atoms with Crippen molar-refractivity contribution in [2.24, 2.45) is 7.05 Å². The molecule has 1 heterocycles. The van der Waals surface area contributed by atoms with Crippen LogP contribution in [0.25, 0.3) is 0 Å². The van der Waals surface area contributed by atoms with Gasteiger partial charge in [-0.05, 0) is 32.7 Å². The van der Waals surface area contributed by atoms with Crippen molar-refractivity contribution in [1.29, 1.82) is 0 Å². The molecule has 0 radical (unpaired) electrons. The summed E-state index contributed by atoms with van der Waals surface area (Å²) in [6.07, 6.45) is 5.96. The molecule has 0 aliphatic rings. The Morgan fingerprint density at radius 1 is 1.30 bits per heavy atom. The molecule has 116 valence electrons. The van der Waals surface area contributed by atoms with Crippen LogP contribution in [-0.4, -0.2) is 39.8 Å². The third kappa shape index (κ3) is 4.28. The first kappa shape index (κ1) is 17.1. The average molecular weight is 282 g/mol. The maximum Gasteiger partial charge on any atom is 0.0843 e. The van der Waals surface area contributed by atoms with Gasteiger partial charge in [-0.3, -0.25) is 4.68 Å². The minimum absolute atomic E-state index is 0.124. The van der Waals surface area contributed by atoms with Gasteiger partial charge in [0.2, 0.25) is 0 Å². The first-order chi connectivity index (χ1) is 9.61. The number of ether oxygens (including phenoxy) is 1. The summed E-state index contributed by atoms with van der Waals surface area (Å²) in [7, 11) is 1.90. The van der Waals surface area contributed by atoms with Crippen LogP contribution in [0.3, 0.4) is 0 Å². The quantitative estimate of drug-likeness (QED) is 0.715. The van der Waals surface area contributed by atoms with E-state index < -0.39 is 0 Å². The lowest BCUT2D eigenvalue weighted by Gasteiger charge is -2.39. The molecule has 0 aromatic carbocycles. The number of hydrogen-bond donors (Lipinski definition) is 1. The van der Waals surface area contributed by atoms with Crippen molar-refractivity contribution in [2.75, 3.05) is 13.2 Å². The molecule has 5 heteroatoms. The first-order valence-electron chi connectivity index (χ1n) is 7.84. The fourth-order valence-electron chi connectivity index (χ4n) is 2.80. The van der Waals surface area contributed by atoms with Crippen molar-refractivity contribution in [3.05, 3.63) is 11.9 Å². The molecule has 1 atom stereocenters. The Morgan fingerprint density at radius 2 is 2.00 bits per heavy atom. The van der Waals surface area contributed by atoms with Gasteiger partial charge in [0.25, 0.3) is 0 Å². The van der Waals surface area contributed by atoms with Gasteiger partial charge in [-0.2, -0.15) is 0 Å². The summed E-state index contributed by atoms with van der Waals surface area (Å²) in [6.45, 7) is 10.4. The van der Waals surface area contributed by atoms with Crippen LogP contribution in [0.15, 0.2) is 6.20 Å².